The summed E-state index contributed by atoms with van der Waals surface area (Å²) in [6.45, 7) is 5.28. The van der Waals surface area contributed by atoms with E-state index in [1.165, 1.54) is 0 Å². The number of hydrogen-bond acceptors (Lipinski definition) is 5. The second-order valence-electron chi connectivity index (χ2n) is 5.35. The lowest BCUT2D eigenvalue weighted by Gasteiger charge is -2.32. The molecule has 0 aromatic rings. The van der Waals surface area contributed by atoms with Crippen molar-refractivity contribution in [3.63, 3.8) is 0 Å². The van der Waals surface area contributed by atoms with Gasteiger partial charge in [0.05, 0.1) is 19.6 Å². The summed E-state index contributed by atoms with van der Waals surface area (Å²) in [6, 6.07) is 0.440. The molecule has 1 N–H and O–H groups in total. The quantitative estimate of drug-likeness (QED) is 0.671. The fraction of sp³-hybridized carbons (Fsp3) is 0.857. The Morgan fingerprint density at radius 1 is 1.30 bits per heavy atom. The molecule has 6 nitrogen and oxygen atoms in total. The number of hydrogen-bond donors (Lipinski definition) is 1. The Hall–Kier alpha value is -1.14. The second kappa shape index (κ2) is 8.92. The summed E-state index contributed by atoms with van der Waals surface area (Å²) < 4.78 is 4.89. The van der Waals surface area contributed by atoms with Gasteiger partial charge in [0.15, 0.2) is 0 Å². The van der Waals surface area contributed by atoms with E-state index in [1.807, 2.05) is 6.92 Å². The molecule has 0 aromatic carbocycles. The Morgan fingerprint density at radius 3 is 2.50 bits per heavy atom. The van der Waals surface area contributed by atoms with E-state index in [9.17, 15) is 9.59 Å². The molecular formula is C14H27N3O3. The summed E-state index contributed by atoms with van der Waals surface area (Å²) in [5, 5.41) is 3.38. The summed E-state index contributed by atoms with van der Waals surface area (Å²) in [5.74, 6) is 0.00716. The zero-order chi connectivity index (χ0) is 15.0. The number of rotatable bonds is 7. The number of amides is 1. The first-order valence-electron chi connectivity index (χ1n) is 7.34. The smallest absolute Gasteiger partial charge is 0.307 e. The molecule has 1 saturated heterocycles. The number of piperidine rings is 1. The number of likely N-dealkylation sites (tertiary alicyclic amines) is 1. The topological polar surface area (TPSA) is 61.9 Å². The standard InChI is InChI=1S/C14H27N3O3/c1-4-20-14(19)5-8-15-12-6-9-17(10-7-12)11-13(18)16(2)3/h12,15H,4-11H2,1-3H3. The maximum absolute atomic E-state index is 11.6. The third-order valence-electron chi connectivity index (χ3n) is 3.51. The van der Waals surface area contributed by atoms with Gasteiger partial charge in [-0.05, 0) is 19.8 Å². The number of nitrogens with zero attached hydrogens (tertiary/aromatic N) is 2. The lowest BCUT2D eigenvalue weighted by atomic mass is 10.0. The highest BCUT2D eigenvalue weighted by molar-refractivity contribution is 5.77. The molecule has 1 heterocycles. The third-order valence-corrected chi connectivity index (χ3v) is 3.51. The van der Waals surface area contributed by atoms with Crippen LogP contribution in [0.3, 0.4) is 0 Å². The molecule has 20 heavy (non-hydrogen) atoms. The summed E-state index contributed by atoms with van der Waals surface area (Å²) >= 11 is 0. The van der Waals surface area contributed by atoms with Gasteiger partial charge in [0.25, 0.3) is 0 Å². The number of nitrogens with one attached hydrogen (secondary N) is 1. The summed E-state index contributed by atoms with van der Waals surface area (Å²) in [6.07, 6.45) is 2.46. The molecule has 0 aromatic heterocycles. The molecule has 116 valence electrons. The lowest BCUT2D eigenvalue weighted by Crippen LogP contribution is -2.46. The van der Waals surface area contributed by atoms with Gasteiger partial charge in [-0.1, -0.05) is 0 Å². The van der Waals surface area contributed by atoms with E-state index in [-0.39, 0.29) is 11.9 Å². The molecule has 0 aliphatic carbocycles. The summed E-state index contributed by atoms with van der Waals surface area (Å²) in [5.41, 5.74) is 0. The monoisotopic (exact) mass is 285 g/mol. The third kappa shape index (κ3) is 6.34. The van der Waals surface area contributed by atoms with Gasteiger partial charge >= 0.3 is 5.97 Å². The fourth-order valence-electron chi connectivity index (χ4n) is 2.24. The van der Waals surface area contributed by atoms with Crippen molar-refractivity contribution >= 4 is 11.9 Å². The highest BCUT2D eigenvalue weighted by Crippen LogP contribution is 2.10. The Balaban J connectivity index is 2.13. The van der Waals surface area contributed by atoms with Crippen LogP contribution in [-0.2, 0) is 14.3 Å². The number of likely N-dealkylation sites (N-methyl/N-ethyl adjacent to an activating group) is 1. The molecule has 1 aliphatic rings. The lowest BCUT2D eigenvalue weighted by molar-refractivity contribution is -0.143. The van der Waals surface area contributed by atoms with Crippen LogP contribution in [0.2, 0.25) is 0 Å². The molecule has 0 saturated carbocycles. The van der Waals surface area contributed by atoms with Gasteiger partial charge < -0.3 is 15.0 Å². The zero-order valence-electron chi connectivity index (χ0n) is 12.9. The predicted molar refractivity (Wildman–Crippen MR) is 77.4 cm³/mol. The first-order chi connectivity index (χ1) is 9.52. The Morgan fingerprint density at radius 2 is 1.95 bits per heavy atom. The Bertz CT molecular complexity index is 313. The van der Waals surface area contributed by atoms with Gasteiger partial charge in [-0.2, -0.15) is 0 Å². The zero-order valence-corrected chi connectivity index (χ0v) is 12.9. The average molecular weight is 285 g/mol. The Labute approximate surface area is 121 Å². The van der Waals surface area contributed by atoms with Crippen LogP contribution in [0, 0.1) is 0 Å². The van der Waals surface area contributed by atoms with Crippen molar-refractivity contribution in [2.24, 2.45) is 0 Å². The minimum Gasteiger partial charge on any atom is -0.466 e. The van der Waals surface area contributed by atoms with Gasteiger partial charge in [0.1, 0.15) is 0 Å². The van der Waals surface area contributed by atoms with Crippen molar-refractivity contribution in [2.45, 2.75) is 32.2 Å². The van der Waals surface area contributed by atoms with Crippen LogP contribution in [0.25, 0.3) is 0 Å². The van der Waals surface area contributed by atoms with Gasteiger partial charge in [0, 0.05) is 39.8 Å². The van der Waals surface area contributed by atoms with Gasteiger partial charge in [-0.3, -0.25) is 14.5 Å². The fourth-order valence-corrected chi connectivity index (χ4v) is 2.24. The van der Waals surface area contributed by atoms with Crippen LogP contribution in [-0.4, -0.2) is 74.6 Å². The van der Waals surface area contributed by atoms with Crippen LogP contribution in [0.4, 0.5) is 0 Å². The number of ether oxygens (including phenoxy) is 1. The second-order valence-corrected chi connectivity index (χ2v) is 5.35. The summed E-state index contributed by atoms with van der Waals surface area (Å²) in [7, 11) is 3.57. The SMILES string of the molecule is CCOC(=O)CCNC1CCN(CC(=O)N(C)C)CC1. The Kier molecular flexibility index (Phi) is 7.54. The van der Waals surface area contributed by atoms with E-state index in [4.69, 9.17) is 4.74 Å². The molecule has 1 rings (SSSR count). The van der Waals surface area contributed by atoms with Crippen molar-refractivity contribution in [3.8, 4) is 0 Å². The van der Waals surface area contributed by atoms with Crippen molar-refractivity contribution in [2.75, 3.05) is 46.9 Å². The summed E-state index contributed by atoms with van der Waals surface area (Å²) in [4.78, 5) is 26.6. The highest BCUT2D eigenvalue weighted by atomic mass is 16.5. The van der Waals surface area contributed by atoms with Crippen LogP contribution in [0.5, 0.6) is 0 Å². The number of esters is 1. The van der Waals surface area contributed by atoms with E-state index in [0.29, 0.717) is 32.2 Å². The molecule has 0 spiro atoms. The maximum atomic E-state index is 11.6. The first kappa shape index (κ1) is 16.9. The highest BCUT2D eigenvalue weighted by Gasteiger charge is 2.21. The predicted octanol–water partition coefficient (Wildman–Crippen LogP) is 0.0818. The van der Waals surface area contributed by atoms with Gasteiger partial charge in [-0.25, -0.2) is 0 Å². The molecule has 1 aliphatic heterocycles. The molecule has 0 atom stereocenters. The maximum Gasteiger partial charge on any atom is 0.307 e. The van der Waals surface area contributed by atoms with Crippen LogP contribution < -0.4 is 5.32 Å². The molecule has 1 amide bonds. The van der Waals surface area contributed by atoms with Crippen LogP contribution >= 0.6 is 0 Å². The number of carbonyl (C=O) groups excluding carboxylic acids is 2. The molecule has 1 fully saturated rings. The minimum atomic E-state index is -0.144. The molecule has 0 bridgehead atoms. The molecular weight excluding hydrogens is 258 g/mol. The average Bonchev–Trinajstić information content (AvgIpc) is 2.41. The van der Waals surface area contributed by atoms with Crippen molar-refractivity contribution in [3.05, 3.63) is 0 Å². The van der Waals surface area contributed by atoms with Crippen LogP contribution in [0.15, 0.2) is 0 Å². The normalized spacial score (nSPS) is 16.9. The van der Waals surface area contributed by atoms with Crippen LogP contribution in [0.1, 0.15) is 26.2 Å². The van der Waals surface area contributed by atoms with Crippen molar-refractivity contribution < 1.29 is 14.3 Å². The molecule has 0 radical (unpaired) electrons. The number of carbonyl (C=O) groups is 2. The molecule has 6 heteroatoms. The van der Waals surface area contributed by atoms with E-state index in [1.54, 1.807) is 19.0 Å². The van der Waals surface area contributed by atoms with E-state index in [0.717, 1.165) is 25.9 Å². The van der Waals surface area contributed by atoms with E-state index < -0.39 is 0 Å². The first-order valence-corrected chi connectivity index (χ1v) is 7.34. The van der Waals surface area contributed by atoms with E-state index in [2.05, 4.69) is 10.2 Å². The van der Waals surface area contributed by atoms with Crippen molar-refractivity contribution in [1.29, 1.82) is 0 Å². The molecule has 0 unspecified atom stereocenters. The van der Waals surface area contributed by atoms with Gasteiger partial charge in [0.2, 0.25) is 5.91 Å². The van der Waals surface area contributed by atoms with Crippen molar-refractivity contribution in [1.82, 2.24) is 15.1 Å². The van der Waals surface area contributed by atoms with Gasteiger partial charge in [-0.15, -0.1) is 0 Å². The minimum absolute atomic E-state index is 0.144. The van der Waals surface area contributed by atoms with E-state index >= 15 is 0 Å². The largest absolute Gasteiger partial charge is 0.466 e.